The van der Waals surface area contributed by atoms with Crippen molar-refractivity contribution in [3.8, 4) is 5.75 Å². The number of quaternary nitrogens is 1. The van der Waals surface area contributed by atoms with Gasteiger partial charge in [0.2, 0.25) is 5.54 Å². The number of hydrogen-bond acceptors (Lipinski definition) is 3. The molecular formula is C22H24ClFN3O3+. The number of methoxy groups -OCH3 is 1. The summed E-state index contributed by atoms with van der Waals surface area (Å²) >= 11 is 6.34. The smallest absolute Gasteiger partial charge is 0.295 e. The molecule has 2 aromatic rings. The summed E-state index contributed by atoms with van der Waals surface area (Å²) in [7, 11) is 4.81. The Morgan fingerprint density at radius 3 is 2.73 bits per heavy atom. The molecule has 2 N–H and O–H groups in total. The second-order valence-corrected chi connectivity index (χ2v) is 8.40. The van der Waals surface area contributed by atoms with Gasteiger partial charge in [0.15, 0.2) is 12.2 Å². The highest BCUT2D eigenvalue weighted by atomic mass is 35.5. The van der Waals surface area contributed by atoms with Gasteiger partial charge in [-0.2, -0.15) is 0 Å². The fraction of sp³-hybridized carbons (Fsp3) is 0.364. The van der Waals surface area contributed by atoms with E-state index in [2.05, 4.69) is 10.6 Å². The summed E-state index contributed by atoms with van der Waals surface area (Å²) in [4.78, 5) is 26.7. The van der Waals surface area contributed by atoms with Crippen molar-refractivity contribution in [1.82, 2.24) is 5.32 Å². The fourth-order valence-electron chi connectivity index (χ4n) is 5.24. The van der Waals surface area contributed by atoms with Gasteiger partial charge in [-0.15, -0.1) is 0 Å². The van der Waals surface area contributed by atoms with Gasteiger partial charge in [0, 0.05) is 18.5 Å². The van der Waals surface area contributed by atoms with Gasteiger partial charge in [-0.1, -0.05) is 23.7 Å². The lowest BCUT2D eigenvalue weighted by atomic mass is 9.78. The standard InChI is InChI=1S/C22H23ClFN3O3/c1-25-20(28)18-11-14(24)12-27(18,2)22(15-6-4-5-7-19(15)30-3)16-10-13(23)8-9-17(16)26-21(22)29/h4-10,14,18H,11-12H2,1-3H3,(H-,25,26,28,29)/p+1/t14?,18-,22?,27?/m1/s1. The fourth-order valence-corrected chi connectivity index (χ4v) is 5.42. The molecule has 1 saturated heterocycles. The maximum absolute atomic E-state index is 14.9. The molecule has 8 heteroatoms. The number of ether oxygens (including phenoxy) is 1. The molecule has 6 nitrogen and oxygen atoms in total. The summed E-state index contributed by atoms with van der Waals surface area (Å²) in [5, 5.41) is 6.03. The summed E-state index contributed by atoms with van der Waals surface area (Å²) in [6.07, 6.45) is -1.21. The van der Waals surface area contributed by atoms with Gasteiger partial charge in [-0.25, -0.2) is 4.39 Å². The number of rotatable bonds is 4. The SMILES string of the molecule is CNC(=O)[C@H]1CC(F)C[N+]1(C)C1(c2ccccc2OC)C(=O)Nc2ccc(Cl)cc21. The minimum atomic E-state index is -1.41. The molecule has 0 radical (unpaired) electrons. The van der Waals surface area contributed by atoms with E-state index in [-0.39, 0.29) is 29.3 Å². The first-order valence-electron chi connectivity index (χ1n) is 9.75. The number of para-hydroxylation sites is 1. The second kappa shape index (κ2) is 7.25. The zero-order chi connectivity index (χ0) is 21.7. The average molecular weight is 433 g/mol. The Hall–Kier alpha value is -2.64. The highest BCUT2D eigenvalue weighted by Crippen LogP contribution is 2.55. The van der Waals surface area contributed by atoms with Crippen LogP contribution in [-0.4, -0.2) is 56.3 Å². The number of benzene rings is 2. The van der Waals surface area contributed by atoms with Crippen LogP contribution < -0.4 is 15.4 Å². The molecule has 0 spiro atoms. The summed E-state index contributed by atoms with van der Waals surface area (Å²) in [5.41, 5.74) is 0.351. The number of amides is 2. The third kappa shape index (κ3) is 2.65. The van der Waals surface area contributed by atoms with E-state index < -0.39 is 17.8 Å². The number of nitrogens with one attached hydrogen (secondary N) is 2. The molecule has 30 heavy (non-hydrogen) atoms. The largest absolute Gasteiger partial charge is 0.496 e. The third-order valence-electron chi connectivity index (χ3n) is 6.50. The summed E-state index contributed by atoms with van der Waals surface area (Å²) in [5.74, 6) is -0.164. The maximum atomic E-state index is 14.9. The van der Waals surface area contributed by atoms with Crippen LogP contribution in [0.2, 0.25) is 5.02 Å². The molecule has 2 aromatic carbocycles. The molecule has 158 valence electrons. The molecule has 3 unspecified atom stereocenters. The predicted molar refractivity (Wildman–Crippen MR) is 112 cm³/mol. The summed E-state index contributed by atoms with van der Waals surface area (Å²) < 4.78 is 20.3. The van der Waals surface area contributed by atoms with Crippen LogP contribution in [0.1, 0.15) is 17.5 Å². The number of hydrogen-bond donors (Lipinski definition) is 2. The first-order valence-corrected chi connectivity index (χ1v) is 10.1. The van der Waals surface area contributed by atoms with Crippen LogP contribution in [0.15, 0.2) is 42.5 Å². The molecule has 2 heterocycles. The van der Waals surface area contributed by atoms with Crippen molar-refractivity contribution in [1.29, 1.82) is 0 Å². The van der Waals surface area contributed by atoms with E-state index in [4.69, 9.17) is 16.3 Å². The normalized spacial score (nSPS) is 30.0. The van der Waals surface area contributed by atoms with Crippen LogP contribution in [0.25, 0.3) is 0 Å². The Bertz CT molecular complexity index is 1030. The van der Waals surface area contributed by atoms with Gasteiger partial charge in [0.1, 0.15) is 12.3 Å². The first kappa shape index (κ1) is 20.6. The Labute approximate surface area is 179 Å². The first-order chi connectivity index (χ1) is 14.3. The summed E-state index contributed by atoms with van der Waals surface area (Å²) in [6, 6.07) is 11.5. The molecule has 2 aliphatic heterocycles. The van der Waals surface area contributed by atoms with E-state index in [0.717, 1.165) is 0 Å². The number of alkyl halides is 1. The van der Waals surface area contributed by atoms with Crippen molar-refractivity contribution < 1.29 is 23.2 Å². The van der Waals surface area contributed by atoms with Crippen molar-refractivity contribution in [2.45, 2.75) is 24.2 Å². The summed E-state index contributed by atoms with van der Waals surface area (Å²) in [6.45, 7) is -0.00446. The van der Waals surface area contributed by atoms with Gasteiger partial charge in [0.05, 0.1) is 31.0 Å². The van der Waals surface area contributed by atoms with Crippen LogP contribution in [0, 0.1) is 0 Å². The average Bonchev–Trinajstić information content (AvgIpc) is 3.20. The second-order valence-electron chi connectivity index (χ2n) is 7.97. The minimum Gasteiger partial charge on any atom is -0.496 e. The lowest BCUT2D eigenvalue weighted by molar-refractivity contribution is -0.953. The molecule has 2 aliphatic rings. The molecule has 4 atom stereocenters. The Morgan fingerprint density at radius 2 is 2.03 bits per heavy atom. The molecule has 0 aromatic heterocycles. The van der Waals surface area contributed by atoms with Crippen molar-refractivity contribution >= 4 is 29.1 Å². The maximum Gasteiger partial charge on any atom is 0.295 e. The van der Waals surface area contributed by atoms with Gasteiger partial charge >= 0.3 is 0 Å². The number of likely N-dealkylation sites (tertiary alicyclic amines) is 1. The van der Waals surface area contributed by atoms with Crippen LogP contribution in [0.3, 0.4) is 0 Å². The highest BCUT2D eigenvalue weighted by Gasteiger charge is 2.69. The van der Waals surface area contributed by atoms with Crippen LogP contribution in [-0.2, 0) is 15.1 Å². The third-order valence-corrected chi connectivity index (χ3v) is 6.74. The molecule has 2 amide bonds. The lowest BCUT2D eigenvalue weighted by Crippen LogP contribution is -2.68. The van der Waals surface area contributed by atoms with Crippen LogP contribution in [0.5, 0.6) is 5.75 Å². The van der Waals surface area contributed by atoms with Crippen LogP contribution in [0.4, 0.5) is 10.1 Å². The number of nitrogens with zero attached hydrogens (tertiary/aromatic N) is 1. The molecule has 1 fully saturated rings. The van der Waals surface area contributed by atoms with E-state index in [1.165, 1.54) is 14.2 Å². The molecular weight excluding hydrogens is 409 g/mol. The van der Waals surface area contributed by atoms with E-state index in [0.29, 0.717) is 27.6 Å². The number of halogens is 2. The van der Waals surface area contributed by atoms with E-state index in [9.17, 15) is 14.0 Å². The zero-order valence-electron chi connectivity index (χ0n) is 17.0. The van der Waals surface area contributed by atoms with Crippen molar-refractivity contribution in [3.63, 3.8) is 0 Å². The van der Waals surface area contributed by atoms with Crippen molar-refractivity contribution in [3.05, 3.63) is 58.6 Å². The number of carbonyl (C=O) groups excluding carboxylic acids is 2. The van der Waals surface area contributed by atoms with Gasteiger partial charge < -0.3 is 15.4 Å². The molecule has 0 aliphatic carbocycles. The predicted octanol–water partition coefficient (Wildman–Crippen LogP) is 2.85. The van der Waals surface area contributed by atoms with Crippen molar-refractivity contribution in [2.24, 2.45) is 0 Å². The number of fused-ring (bicyclic) bond motifs is 1. The lowest BCUT2D eigenvalue weighted by Gasteiger charge is -2.48. The zero-order valence-corrected chi connectivity index (χ0v) is 17.8. The monoisotopic (exact) mass is 432 g/mol. The number of carbonyl (C=O) groups is 2. The minimum absolute atomic E-state index is 0.00446. The topological polar surface area (TPSA) is 67.4 Å². The number of anilines is 1. The van der Waals surface area contributed by atoms with Gasteiger partial charge in [-0.3, -0.25) is 14.1 Å². The Kier molecular flexibility index (Phi) is 4.98. The Balaban J connectivity index is 2.11. The van der Waals surface area contributed by atoms with E-state index in [1.807, 2.05) is 0 Å². The van der Waals surface area contributed by atoms with Gasteiger partial charge in [0.25, 0.3) is 11.8 Å². The van der Waals surface area contributed by atoms with Crippen molar-refractivity contribution in [2.75, 3.05) is 33.1 Å². The Morgan fingerprint density at radius 1 is 1.30 bits per heavy atom. The molecule has 0 bridgehead atoms. The highest BCUT2D eigenvalue weighted by molar-refractivity contribution is 6.31. The van der Waals surface area contributed by atoms with Gasteiger partial charge in [-0.05, 0) is 30.3 Å². The molecule has 4 rings (SSSR count). The van der Waals surface area contributed by atoms with E-state index in [1.54, 1.807) is 49.5 Å². The van der Waals surface area contributed by atoms with E-state index >= 15 is 0 Å². The molecule has 0 saturated carbocycles. The quantitative estimate of drug-likeness (QED) is 0.730. The number of likely N-dealkylation sites (N-methyl/N-ethyl adjacent to an activating group) is 2. The van der Waals surface area contributed by atoms with Crippen LogP contribution >= 0.6 is 11.6 Å².